The van der Waals surface area contributed by atoms with Crippen molar-refractivity contribution in [2.75, 3.05) is 0 Å². The molecule has 0 bridgehead atoms. The fourth-order valence-corrected chi connectivity index (χ4v) is 0. The Labute approximate surface area is 45.5 Å². The molecule has 6 heavy (non-hydrogen) atoms. The van der Waals surface area contributed by atoms with Gasteiger partial charge in [0.15, 0.2) is 0 Å². The zero-order valence-corrected chi connectivity index (χ0v) is 6.57. The first-order valence-electron chi connectivity index (χ1n) is 0.971. The first-order chi connectivity index (χ1) is 2.56. The van der Waals surface area contributed by atoms with Gasteiger partial charge in [-0.05, 0) is 0 Å². The summed E-state index contributed by atoms with van der Waals surface area (Å²) in [5.41, 5.74) is 0. The Morgan fingerprint density at radius 2 is 1.83 bits per heavy atom. The van der Waals surface area contributed by atoms with E-state index in [0.29, 0.717) is 0 Å². The van der Waals surface area contributed by atoms with Crippen molar-refractivity contribution in [3.63, 3.8) is 0 Å². The molecule has 6 heteroatoms. The Bertz CT molecular complexity index is 110. The van der Waals surface area contributed by atoms with Crippen LogP contribution in [0.1, 0.15) is 0 Å². The van der Waals surface area contributed by atoms with Gasteiger partial charge in [-0.3, -0.25) is 0 Å². The summed E-state index contributed by atoms with van der Waals surface area (Å²) in [5.74, 6) is 0. The Hall–Kier alpha value is 0.493. The van der Waals surface area contributed by atoms with E-state index in [1.165, 1.54) is 0 Å². The van der Waals surface area contributed by atoms with E-state index in [0.717, 1.165) is 0 Å². The first-order valence-corrected chi connectivity index (χ1v) is 3.55. The van der Waals surface area contributed by atoms with Crippen LogP contribution in [0.4, 0.5) is 0 Å². The molecule has 0 fully saturated rings. The van der Waals surface area contributed by atoms with Crippen molar-refractivity contribution in [1.82, 2.24) is 0 Å². The average Bonchev–Trinajstić information content (AvgIpc) is 1.35. The van der Waals surface area contributed by atoms with Crippen LogP contribution in [0.5, 0.6) is 0 Å². The van der Waals surface area contributed by atoms with Crippen LogP contribution in [0, 0.1) is 0 Å². The summed E-state index contributed by atoms with van der Waals surface area (Å²) < 4.78 is 29.9. The molecule has 0 spiro atoms. The zero-order valence-electron chi connectivity index (χ0n) is 2.79. The zero-order chi connectivity index (χ0) is 5.21. The third-order valence-corrected chi connectivity index (χ3v) is 2.32. The maximum atomic E-state index is 9.36. The van der Waals surface area contributed by atoms with Gasteiger partial charge in [0.2, 0.25) is 0 Å². The van der Waals surface area contributed by atoms with E-state index < -0.39 is 10.4 Å². The third-order valence-electron chi connectivity index (χ3n) is 0.149. The second-order valence-corrected chi connectivity index (χ2v) is 3.12. The van der Waals surface area contributed by atoms with Gasteiger partial charge in [-0.2, -0.15) is 0 Å². The molecule has 0 radical (unpaired) electrons. The molecule has 0 aliphatic rings. The van der Waals surface area contributed by atoms with Crippen LogP contribution in [0.3, 0.4) is 0 Å². The SMILES string of the molecule is O=S(=O)(O)[O][Zn]. The monoisotopic (exact) mass is 161 g/mol. The predicted octanol–water partition coefficient (Wildman–Crippen LogP) is -0.732. The van der Waals surface area contributed by atoms with E-state index in [2.05, 4.69) is 3.01 Å². The number of hydrogen-bond donors (Lipinski definition) is 1. The Morgan fingerprint density at radius 3 is 1.83 bits per heavy atom. The molecule has 0 aromatic carbocycles. The summed E-state index contributed by atoms with van der Waals surface area (Å²) in [6, 6.07) is 0. The molecule has 0 aliphatic carbocycles. The standard InChI is InChI=1S/H2O4S.Zn/c1-5(2,3)4;/h(H2,1,2,3,4);/q;+1/p-1. The van der Waals surface area contributed by atoms with Crippen LogP contribution >= 0.6 is 0 Å². The summed E-state index contributed by atoms with van der Waals surface area (Å²) in [4.78, 5) is 0. The van der Waals surface area contributed by atoms with E-state index in [4.69, 9.17) is 4.55 Å². The van der Waals surface area contributed by atoms with E-state index in [9.17, 15) is 8.42 Å². The maximum absolute atomic E-state index is 9.36. The minimum atomic E-state index is -4.11. The molecule has 0 rings (SSSR count). The number of hydrogen-bond acceptors (Lipinski definition) is 3. The fraction of sp³-hybridized carbons (Fsp3) is 0. The molecular formula is HO4SZn. The van der Waals surface area contributed by atoms with Crippen molar-refractivity contribution in [2.45, 2.75) is 0 Å². The molecule has 0 aromatic heterocycles. The van der Waals surface area contributed by atoms with Gasteiger partial charge in [-0.15, -0.1) is 0 Å². The fourth-order valence-electron chi connectivity index (χ4n) is 0. The third kappa shape index (κ3) is 4.49. The summed E-state index contributed by atoms with van der Waals surface area (Å²) in [7, 11) is -4.11. The molecule has 0 unspecified atom stereocenters. The van der Waals surface area contributed by atoms with Crippen LogP contribution < -0.4 is 0 Å². The first kappa shape index (κ1) is 6.49. The molecule has 0 aliphatic heterocycles. The van der Waals surface area contributed by atoms with Crippen LogP contribution in [-0.4, -0.2) is 13.0 Å². The molecule has 0 amide bonds. The molecule has 33 valence electrons. The van der Waals surface area contributed by atoms with Crippen molar-refractivity contribution >= 4 is 10.4 Å². The Balaban J connectivity index is 3.85. The van der Waals surface area contributed by atoms with Gasteiger partial charge in [-0.1, -0.05) is 0 Å². The van der Waals surface area contributed by atoms with Crippen LogP contribution in [0.25, 0.3) is 0 Å². The van der Waals surface area contributed by atoms with Crippen LogP contribution in [0.2, 0.25) is 0 Å². The summed E-state index contributed by atoms with van der Waals surface area (Å²) in [5, 5.41) is 0. The summed E-state index contributed by atoms with van der Waals surface area (Å²) in [6.45, 7) is 0. The van der Waals surface area contributed by atoms with Crippen molar-refractivity contribution in [1.29, 1.82) is 0 Å². The molecule has 0 aromatic rings. The van der Waals surface area contributed by atoms with E-state index in [-0.39, 0.29) is 18.7 Å². The Kier molecular flexibility index (Phi) is 2.14. The molecule has 1 N–H and O–H groups in total. The van der Waals surface area contributed by atoms with Gasteiger partial charge in [0.05, 0.1) is 0 Å². The summed E-state index contributed by atoms with van der Waals surface area (Å²) >= 11 is 0.0961. The van der Waals surface area contributed by atoms with Crippen LogP contribution in [-0.2, 0) is 32.1 Å². The normalized spacial score (nSPS) is 11.8. The quantitative estimate of drug-likeness (QED) is 0.408. The van der Waals surface area contributed by atoms with Crippen molar-refractivity contribution in [3.8, 4) is 0 Å². The van der Waals surface area contributed by atoms with Crippen molar-refractivity contribution in [3.05, 3.63) is 0 Å². The van der Waals surface area contributed by atoms with Crippen molar-refractivity contribution in [2.24, 2.45) is 0 Å². The number of rotatable bonds is 1. The Morgan fingerprint density at radius 1 is 1.67 bits per heavy atom. The molecule has 0 saturated carbocycles. The molecule has 0 saturated heterocycles. The topological polar surface area (TPSA) is 63.6 Å². The van der Waals surface area contributed by atoms with E-state index >= 15 is 0 Å². The second-order valence-electron chi connectivity index (χ2n) is 0.546. The summed E-state index contributed by atoms with van der Waals surface area (Å²) in [6.07, 6.45) is 0. The van der Waals surface area contributed by atoms with Gasteiger partial charge < -0.3 is 0 Å². The molecular weight excluding hydrogens is 161 g/mol. The van der Waals surface area contributed by atoms with Gasteiger partial charge in [0, 0.05) is 0 Å². The average molecular weight is 162 g/mol. The molecule has 0 atom stereocenters. The van der Waals surface area contributed by atoms with E-state index in [1.807, 2.05) is 0 Å². The minimum absolute atomic E-state index is 0.0961. The molecule has 4 nitrogen and oxygen atoms in total. The molecule has 0 heterocycles. The van der Waals surface area contributed by atoms with Crippen molar-refractivity contribution < 1.29 is 34.6 Å². The van der Waals surface area contributed by atoms with E-state index in [1.54, 1.807) is 0 Å². The van der Waals surface area contributed by atoms with Gasteiger partial charge in [-0.25, -0.2) is 0 Å². The van der Waals surface area contributed by atoms with Gasteiger partial charge in [0.25, 0.3) is 0 Å². The predicted molar refractivity (Wildman–Crippen MR) is 12.6 cm³/mol. The second kappa shape index (κ2) is 1.98. The van der Waals surface area contributed by atoms with Crippen LogP contribution in [0.15, 0.2) is 0 Å². The van der Waals surface area contributed by atoms with Gasteiger partial charge in [0.1, 0.15) is 0 Å². The van der Waals surface area contributed by atoms with Gasteiger partial charge >= 0.3 is 45.0 Å².